The van der Waals surface area contributed by atoms with Gasteiger partial charge in [0.15, 0.2) is 0 Å². The lowest BCUT2D eigenvalue weighted by Crippen LogP contribution is -2.32. The minimum atomic E-state index is -0.606. The van der Waals surface area contributed by atoms with Gasteiger partial charge in [-0.15, -0.1) is 0 Å². The number of likely N-dealkylation sites (tertiary alicyclic amines) is 1. The summed E-state index contributed by atoms with van der Waals surface area (Å²) in [6, 6.07) is 3.17. The lowest BCUT2D eigenvalue weighted by atomic mass is 10.1. The number of hydrogen-bond acceptors (Lipinski definition) is 5. The number of carbonyl (C=O) groups excluding carboxylic acids is 2. The van der Waals surface area contributed by atoms with E-state index in [2.05, 4.69) is 16.4 Å². The third-order valence-corrected chi connectivity index (χ3v) is 3.15. The number of aromatic nitrogens is 1. The number of nitriles is 1. The maximum Gasteiger partial charge on any atom is 0.251 e. The zero-order chi connectivity index (χ0) is 14.2. The first-order chi connectivity index (χ1) is 8.93. The number of amides is 2. The molecule has 19 heavy (non-hydrogen) atoms. The molecule has 1 saturated heterocycles. The van der Waals surface area contributed by atoms with E-state index < -0.39 is 6.04 Å². The molecule has 0 aliphatic carbocycles. The Labute approximate surface area is 111 Å². The summed E-state index contributed by atoms with van der Waals surface area (Å²) in [6.45, 7) is 3.55. The molecule has 1 atom stereocenters. The first-order valence-electron chi connectivity index (χ1n) is 5.89. The summed E-state index contributed by atoms with van der Waals surface area (Å²) in [6.07, 6.45) is 0.112. The number of nitrogens with zero attached hydrogens (tertiary/aromatic N) is 3. The number of imide groups is 1. The van der Waals surface area contributed by atoms with Crippen molar-refractivity contribution in [3.63, 3.8) is 0 Å². The number of hydrogen-bond donors (Lipinski definition) is 1. The van der Waals surface area contributed by atoms with Crippen molar-refractivity contribution >= 4 is 17.5 Å². The van der Waals surface area contributed by atoms with Gasteiger partial charge in [0.1, 0.15) is 12.1 Å². The van der Waals surface area contributed by atoms with Crippen LogP contribution in [0.5, 0.6) is 0 Å². The van der Waals surface area contributed by atoms with Crippen LogP contribution in [0.15, 0.2) is 6.07 Å². The highest BCUT2D eigenvalue weighted by molar-refractivity contribution is 6.06. The fourth-order valence-corrected chi connectivity index (χ4v) is 2.14. The summed E-state index contributed by atoms with van der Waals surface area (Å²) in [5.74, 6) is -0.496. The predicted octanol–water partition coefficient (Wildman–Crippen LogP) is 0.739. The Hall–Kier alpha value is -2.42. The van der Waals surface area contributed by atoms with E-state index in [4.69, 9.17) is 5.26 Å². The highest BCUT2D eigenvalue weighted by Crippen LogP contribution is 2.22. The van der Waals surface area contributed by atoms with Gasteiger partial charge < -0.3 is 5.32 Å². The van der Waals surface area contributed by atoms with Crippen LogP contribution >= 0.6 is 0 Å². The van der Waals surface area contributed by atoms with E-state index in [1.807, 2.05) is 6.92 Å². The first-order valence-corrected chi connectivity index (χ1v) is 5.89. The van der Waals surface area contributed by atoms with Gasteiger partial charge >= 0.3 is 0 Å². The molecule has 1 unspecified atom stereocenters. The third kappa shape index (κ3) is 2.27. The smallest absolute Gasteiger partial charge is 0.251 e. The van der Waals surface area contributed by atoms with E-state index in [9.17, 15) is 9.59 Å². The van der Waals surface area contributed by atoms with Crippen molar-refractivity contribution in [2.45, 2.75) is 26.3 Å². The van der Waals surface area contributed by atoms with Crippen LogP contribution in [0.3, 0.4) is 0 Å². The van der Waals surface area contributed by atoms with Crippen LogP contribution in [0.2, 0.25) is 0 Å². The van der Waals surface area contributed by atoms with Crippen LogP contribution in [-0.2, 0) is 9.59 Å². The lowest BCUT2D eigenvalue weighted by molar-refractivity contribution is -0.136. The van der Waals surface area contributed by atoms with Crippen molar-refractivity contribution in [3.8, 4) is 6.07 Å². The molecule has 2 rings (SSSR count). The number of aryl methyl sites for hydroxylation is 2. The van der Waals surface area contributed by atoms with Crippen molar-refractivity contribution in [2.24, 2.45) is 0 Å². The number of anilines is 1. The van der Waals surface area contributed by atoms with E-state index in [0.717, 1.165) is 10.6 Å². The predicted molar refractivity (Wildman–Crippen MR) is 68.2 cm³/mol. The van der Waals surface area contributed by atoms with E-state index >= 15 is 0 Å². The monoisotopic (exact) mass is 258 g/mol. The molecule has 1 aromatic rings. The molecule has 6 heteroatoms. The van der Waals surface area contributed by atoms with E-state index in [0.29, 0.717) is 16.9 Å². The van der Waals surface area contributed by atoms with Crippen LogP contribution in [-0.4, -0.2) is 34.8 Å². The minimum Gasteiger partial charge on any atom is -0.372 e. The molecule has 1 aromatic heterocycles. The maximum absolute atomic E-state index is 11.8. The Balaban J connectivity index is 2.33. The Kier molecular flexibility index (Phi) is 3.21. The van der Waals surface area contributed by atoms with Gasteiger partial charge in [-0.1, -0.05) is 0 Å². The summed E-state index contributed by atoms with van der Waals surface area (Å²) in [7, 11) is 1.46. The van der Waals surface area contributed by atoms with Crippen molar-refractivity contribution in [3.05, 3.63) is 23.0 Å². The maximum atomic E-state index is 11.8. The molecule has 2 heterocycles. The molecular formula is C13H14N4O2. The Morgan fingerprint density at radius 1 is 1.47 bits per heavy atom. The van der Waals surface area contributed by atoms with Gasteiger partial charge in [-0.05, 0) is 19.9 Å². The summed E-state index contributed by atoms with van der Waals surface area (Å²) in [5, 5.41) is 12.1. The Morgan fingerprint density at radius 2 is 2.16 bits per heavy atom. The summed E-state index contributed by atoms with van der Waals surface area (Å²) in [5.41, 5.74) is 2.31. The molecule has 0 aromatic carbocycles. The molecule has 98 valence electrons. The number of nitrogens with one attached hydrogen (secondary N) is 1. The van der Waals surface area contributed by atoms with Crippen LogP contribution in [0.4, 0.5) is 5.69 Å². The average molecular weight is 258 g/mol. The lowest BCUT2D eigenvalue weighted by Gasteiger charge is -2.15. The van der Waals surface area contributed by atoms with Crippen LogP contribution in [0.25, 0.3) is 0 Å². The van der Waals surface area contributed by atoms with Gasteiger partial charge in [-0.2, -0.15) is 5.26 Å². The van der Waals surface area contributed by atoms with Gasteiger partial charge in [0.25, 0.3) is 5.91 Å². The van der Waals surface area contributed by atoms with Crippen molar-refractivity contribution in [1.29, 1.82) is 5.26 Å². The zero-order valence-electron chi connectivity index (χ0n) is 11.0. The molecule has 0 bridgehead atoms. The van der Waals surface area contributed by atoms with E-state index in [-0.39, 0.29) is 18.2 Å². The second-order valence-corrected chi connectivity index (χ2v) is 4.58. The fraction of sp³-hybridized carbons (Fsp3) is 0.385. The fourth-order valence-electron chi connectivity index (χ4n) is 2.14. The van der Waals surface area contributed by atoms with E-state index in [1.54, 1.807) is 13.0 Å². The number of pyridine rings is 1. The molecule has 0 radical (unpaired) electrons. The van der Waals surface area contributed by atoms with Gasteiger partial charge in [-0.3, -0.25) is 19.5 Å². The Morgan fingerprint density at radius 3 is 2.68 bits per heavy atom. The molecule has 1 fully saturated rings. The van der Waals surface area contributed by atoms with Crippen molar-refractivity contribution in [2.75, 3.05) is 12.4 Å². The molecule has 1 N–H and O–H groups in total. The van der Waals surface area contributed by atoms with Crippen LogP contribution < -0.4 is 5.32 Å². The zero-order valence-corrected chi connectivity index (χ0v) is 11.0. The third-order valence-electron chi connectivity index (χ3n) is 3.15. The average Bonchev–Trinajstić information content (AvgIpc) is 2.57. The van der Waals surface area contributed by atoms with Crippen molar-refractivity contribution < 1.29 is 9.59 Å². The molecule has 0 saturated carbocycles. The number of likely N-dealkylation sites (N-methyl/N-ethyl adjacent to an activating group) is 1. The standard InChI is InChI=1S/C13H14N4O2/c1-7-4-10(9(6-14)8(2)15-7)16-11-5-12(18)17(3)13(11)19/h4,11H,5H2,1-3H3,(H,15,16). The first kappa shape index (κ1) is 13.0. The van der Waals surface area contributed by atoms with Gasteiger partial charge in [0.2, 0.25) is 5.91 Å². The second kappa shape index (κ2) is 4.69. The highest BCUT2D eigenvalue weighted by Gasteiger charge is 2.36. The quantitative estimate of drug-likeness (QED) is 0.791. The summed E-state index contributed by atoms with van der Waals surface area (Å²) in [4.78, 5) is 28.6. The Bertz CT molecular complexity index is 603. The molecule has 1 aliphatic rings. The molecule has 1 aliphatic heterocycles. The summed E-state index contributed by atoms with van der Waals surface area (Å²) >= 11 is 0. The highest BCUT2D eigenvalue weighted by atomic mass is 16.2. The normalized spacial score (nSPS) is 18.6. The summed E-state index contributed by atoms with van der Waals surface area (Å²) < 4.78 is 0. The SMILES string of the molecule is Cc1cc(NC2CC(=O)N(C)C2=O)c(C#N)c(C)n1. The number of carbonyl (C=O) groups is 2. The minimum absolute atomic E-state index is 0.112. The molecule has 0 spiro atoms. The van der Waals surface area contributed by atoms with Crippen molar-refractivity contribution in [1.82, 2.24) is 9.88 Å². The van der Waals surface area contributed by atoms with Gasteiger partial charge in [-0.25, -0.2) is 0 Å². The molecular weight excluding hydrogens is 244 g/mol. The largest absolute Gasteiger partial charge is 0.372 e. The number of rotatable bonds is 2. The van der Waals surface area contributed by atoms with Gasteiger partial charge in [0.05, 0.1) is 23.4 Å². The van der Waals surface area contributed by atoms with E-state index in [1.165, 1.54) is 7.05 Å². The van der Waals surface area contributed by atoms with Gasteiger partial charge in [0, 0.05) is 12.7 Å². The second-order valence-electron chi connectivity index (χ2n) is 4.58. The molecule has 2 amide bonds. The van der Waals surface area contributed by atoms with Crippen LogP contribution in [0.1, 0.15) is 23.4 Å². The van der Waals surface area contributed by atoms with Crippen LogP contribution in [0, 0.1) is 25.2 Å². The topological polar surface area (TPSA) is 86.1 Å². The molecule has 6 nitrogen and oxygen atoms in total.